The van der Waals surface area contributed by atoms with E-state index in [1.807, 2.05) is 35.7 Å². The van der Waals surface area contributed by atoms with Gasteiger partial charge in [-0.1, -0.05) is 18.2 Å². The number of carbonyl (C=O) groups is 1. The molecule has 2 aromatic carbocycles. The summed E-state index contributed by atoms with van der Waals surface area (Å²) in [5.74, 6) is -0.182. The van der Waals surface area contributed by atoms with Gasteiger partial charge >= 0.3 is 0 Å². The van der Waals surface area contributed by atoms with E-state index >= 15 is 0 Å². The van der Waals surface area contributed by atoms with Gasteiger partial charge in [0.2, 0.25) is 0 Å². The molecule has 0 atom stereocenters. The van der Waals surface area contributed by atoms with Crippen molar-refractivity contribution >= 4 is 46.3 Å². The molecule has 25 heavy (non-hydrogen) atoms. The smallest absolute Gasteiger partial charge is 0.265 e. The third kappa shape index (κ3) is 3.90. The summed E-state index contributed by atoms with van der Waals surface area (Å²) in [4.78, 5) is 13.7. The van der Waals surface area contributed by atoms with E-state index in [0.29, 0.717) is 27.4 Å². The molecule has 0 aliphatic heterocycles. The van der Waals surface area contributed by atoms with Crippen LogP contribution in [0.3, 0.4) is 0 Å². The highest BCUT2D eigenvalue weighted by atomic mass is 32.2. The fourth-order valence-corrected chi connectivity index (χ4v) is 3.30. The van der Waals surface area contributed by atoms with Gasteiger partial charge in [0.05, 0.1) is 10.6 Å². The summed E-state index contributed by atoms with van der Waals surface area (Å²) in [6, 6.07) is 16.1. The zero-order chi connectivity index (χ0) is 17.8. The molecule has 3 rings (SSSR count). The minimum absolute atomic E-state index is 0.182. The first-order chi connectivity index (χ1) is 12.1. The van der Waals surface area contributed by atoms with Gasteiger partial charge in [0.15, 0.2) is 0 Å². The number of nitrogen functional groups attached to an aromatic ring is 1. The molecule has 1 heterocycles. The summed E-state index contributed by atoms with van der Waals surface area (Å²) in [7, 11) is 0. The van der Waals surface area contributed by atoms with Gasteiger partial charge in [0.1, 0.15) is 0 Å². The molecule has 126 valence electrons. The van der Waals surface area contributed by atoms with Gasteiger partial charge in [-0.15, -0.1) is 11.3 Å². The lowest BCUT2D eigenvalue weighted by atomic mass is 10.0. The van der Waals surface area contributed by atoms with Crippen molar-refractivity contribution in [3.8, 4) is 0 Å². The van der Waals surface area contributed by atoms with Crippen LogP contribution in [-0.4, -0.2) is 11.6 Å². The van der Waals surface area contributed by atoms with E-state index in [0.717, 1.165) is 16.8 Å². The quantitative estimate of drug-likeness (QED) is 0.311. The second-order valence-electron chi connectivity index (χ2n) is 5.25. The van der Waals surface area contributed by atoms with Crippen LogP contribution < -0.4 is 16.2 Å². The summed E-state index contributed by atoms with van der Waals surface area (Å²) >= 11 is 2.50. The lowest BCUT2D eigenvalue weighted by Gasteiger charge is -2.11. The van der Waals surface area contributed by atoms with E-state index in [1.165, 1.54) is 11.3 Å². The van der Waals surface area contributed by atoms with E-state index in [-0.39, 0.29) is 11.6 Å². The van der Waals surface area contributed by atoms with Gasteiger partial charge in [-0.25, -0.2) is 0 Å². The molecule has 0 aliphatic rings. The summed E-state index contributed by atoms with van der Waals surface area (Å²) < 4.78 is 0. The van der Waals surface area contributed by atoms with Crippen molar-refractivity contribution in [3.05, 3.63) is 76.0 Å². The number of nitrogens with two attached hydrogens (primary N) is 2. The van der Waals surface area contributed by atoms with Gasteiger partial charge in [-0.05, 0) is 53.7 Å². The molecule has 0 aliphatic carbocycles. The third-order valence-corrected chi connectivity index (χ3v) is 4.98. The monoisotopic (exact) mass is 368 g/mol. The number of benzene rings is 2. The van der Waals surface area contributed by atoms with E-state index in [4.69, 9.17) is 16.3 Å². The Labute approximate surface area is 153 Å². The fourth-order valence-electron chi connectivity index (χ4n) is 2.33. The molecule has 0 saturated carbocycles. The average Bonchev–Trinajstić information content (AvgIpc) is 3.17. The predicted molar refractivity (Wildman–Crippen MR) is 106 cm³/mol. The van der Waals surface area contributed by atoms with Gasteiger partial charge in [-0.3, -0.25) is 15.3 Å². The van der Waals surface area contributed by atoms with Crippen LogP contribution in [0.15, 0.2) is 64.9 Å². The molecular weight excluding hydrogens is 352 g/mol. The van der Waals surface area contributed by atoms with Crippen LogP contribution in [0.5, 0.6) is 0 Å². The van der Waals surface area contributed by atoms with Gasteiger partial charge in [-0.2, -0.15) is 0 Å². The highest BCUT2D eigenvalue weighted by molar-refractivity contribution is 7.97. The van der Waals surface area contributed by atoms with Crippen molar-refractivity contribution in [2.75, 3.05) is 11.1 Å². The summed E-state index contributed by atoms with van der Waals surface area (Å²) in [5.41, 5.74) is 8.66. The minimum atomic E-state index is -0.182. The van der Waals surface area contributed by atoms with E-state index < -0.39 is 0 Å². The summed E-state index contributed by atoms with van der Waals surface area (Å²) in [6.07, 6.45) is 0. The highest BCUT2D eigenvalue weighted by Gasteiger charge is 2.12. The number of rotatable bonds is 5. The van der Waals surface area contributed by atoms with Crippen molar-refractivity contribution in [1.29, 1.82) is 5.41 Å². The number of carbonyl (C=O) groups excluding carboxylic acids is 1. The van der Waals surface area contributed by atoms with Crippen molar-refractivity contribution in [1.82, 2.24) is 0 Å². The Morgan fingerprint density at radius 2 is 1.96 bits per heavy atom. The van der Waals surface area contributed by atoms with E-state index in [9.17, 15) is 4.79 Å². The number of amides is 1. The Balaban J connectivity index is 1.88. The molecule has 7 heteroatoms. The van der Waals surface area contributed by atoms with Crippen LogP contribution in [0.4, 0.5) is 11.4 Å². The van der Waals surface area contributed by atoms with Crippen LogP contribution in [0, 0.1) is 5.41 Å². The second kappa shape index (κ2) is 7.52. The molecule has 0 bridgehead atoms. The average molecular weight is 368 g/mol. The third-order valence-electron chi connectivity index (χ3n) is 3.58. The highest BCUT2D eigenvalue weighted by Crippen LogP contribution is 2.23. The number of nitrogens with one attached hydrogen (secondary N) is 2. The minimum Gasteiger partial charge on any atom is -0.398 e. The summed E-state index contributed by atoms with van der Waals surface area (Å²) in [6.45, 7) is 0. The first-order valence-corrected chi connectivity index (χ1v) is 9.15. The maximum absolute atomic E-state index is 12.2. The SMILES string of the molecule is N=C(c1cccc(SN)c1)c1cc(NC(=O)c2cccs2)ccc1N. The normalized spacial score (nSPS) is 10.4. The Hall–Kier alpha value is -2.61. The Morgan fingerprint density at radius 3 is 2.68 bits per heavy atom. The molecule has 3 aromatic rings. The number of thiophene rings is 1. The zero-order valence-corrected chi connectivity index (χ0v) is 14.8. The van der Waals surface area contributed by atoms with Crippen LogP contribution in [0.25, 0.3) is 0 Å². The van der Waals surface area contributed by atoms with Gasteiger partial charge < -0.3 is 11.1 Å². The molecular formula is C18H16N4OS2. The van der Waals surface area contributed by atoms with Crippen molar-refractivity contribution < 1.29 is 4.79 Å². The topological polar surface area (TPSA) is 105 Å². The van der Waals surface area contributed by atoms with Gasteiger partial charge in [0, 0.05) is 27.4 Å². The number of hydrogen-bond donors (Lipinski definition) is 4. The molecule has 0 unspecified atom stereocenters. The van der Waals surface area contributed by atoms with Crippen molar-refractivity contribution in [2.45, 2.75) is 4.90 Å². The second-order valence-corrected chi connectivity index (χ2v) is 6.91. The molecule has 1 amide bonds. The van der Waals surface area contributed by atoms with Crippen molar-refractivity contribution in [3.63, 3.8) is 0 Å². The summed E-state index contributed by atoms with van der Waals surface area (Å²) in [5, 5.41) is 18.7. The lowest BCUT2D eigenvalue weighted by molar-refractivity contribution is 0.103. The predicted octanol–water partition coefficient (Wildman–Crippen LogP) is 3.96. The molecule has 5 nitrogen and oxygen atoms in total. The molecule has 6 N–H and O–H groups in total. The number of hydrogen-bond acceptors (Lipinski definition) is 6. The molecule has 0 fully saturated rings. The first-order valence-electron chi connectivity index (χ1n) is 7.39. The van der Waals surface area contributed by atoms with Crippen molar-refractivity contribution in [2.24, 2.45) is 5.14 Å². The first kappa shape index (κ1) is 17.2. The van der Waals surface area contributed by atoms with Crippen LogP contribution >= 0.6 is 23.3 Å². The maximum atomic E-state index is 12.2. The number of anilines is 2. The van der Waals surface area contributed by atoms with Crippen LogP contribution in [0.1, 0.15) is 20.8 Å². The Morgan fingerprint density at radius 1 is 1.12 bits per heavy atom. The largest absolute Gasteiger partial charge is 0.398 e. The molecule has 0 spiro atoms. The lowest BCUT2D eigenvalue weighted by Crippen LogP contribution is -2.12. The Kier molecular flexibility index (Phi) is 5.18. The Bertz CT molecular complexity index is 923. The standard InChI is InChI=1S/C18H16N4OS2/c19-15-7-6-12(22-18(23)16-5-2-8-24-16)10-14(15)17(20)11-3-1-4-13(9-11)25-21/h1-10,20H,19,21H2,(H,22,23). The van der Waals surface area contributed by atoms with E-state index in [2.05, 4.69) is 5.32 Å². The van der Waals surface area contributed by atoms with E-state index in [1.54, 1.807) is 24.3 Å². The molecule has 0 radical (unpaired) electrons. The van der Waals surface area contributed by atoms with Gasteiger partial charge in [0.25, 0.3) is 5.91 Å². The maximum Gasteiger partial charge on any atom is 0.265 e. The fraction of sp³-hybridized carbons (Fsp3) is 0. The molecule has 0 saturated heterocycles. The van der Waals surface area contributed by atoms with Crippen LogP contribution in [0.2, 0.25) is 0 Å². The molecule has 1 aromatic heterocycles. The zero-order valence-electron chi connectivity index (χ0n) is 13.2. The van der Waals surface area contributed by atoms with Crippen LogP contribution in [-0.2, 0) is 0 Å².